The number of amides is 2. The third-order valence-corrected chi connectivity index (χ3v) is 6.33. The van der Waals surface area contributed by atoms with Gasteiger partial charge >= 0.3 is 0 Å². The van der Waals surface area contributed by atoms with Crippen LogP contribution < -0.4 is 10.6 Å². The second-order valence-electron chi connectivity index (χ2n) is 7.44. The van der Waals surface area contributed by atoms with E-state index in [0.717, 1.165) is 15.6 Å². The normalized spacial score (nSPS) is 11.5. The van der Waals surface area contributed by atoms with Crippen LogP contribution >= 0.6 is 27.3 Å². The number of carbonyl (C=O) groups excluding carboxylic acids is 2. The Labute approximate surface area is 212 Å². The van der Waals surface area contributed by atoms with Gasteiger partial charge in [-0.05, 0) is 23.8 Å². The first-order valence-electron chi connectivity index (χ1n) is 10.4. The molecular weight excluding hydrogens is 534 g/mol. The zero-order valence-corrected chi connectivity index (χ0v) is 20.5. The van der Waals surface area contributed by atoms with Gasteiger partial charge in [0.2, 0.25) is 11.0 Å². The SMILES string of the molecule is O=C(N[C@H](Cc1ccccc1)C(=O)Nc1nnc(-c2cccc(Br)c2)s1)c1cccc([N+](=O)[O-])c1. The monoisotopic (exact) mass is 551 g/mol. The van der Waals surface area contributed by atoms with E-state index < -0.39 is 22.8 Å². The van der Waals surface area contributed by atoms with Crippen LogP contribution in [0, 0.1) is 10.1 Å². The summed E-state index contributed by atoms with van der Waals surface area (Å²) in [5.41, 5.74) is 1.55. The first-order valence-corrected chi connectivity index (χ1v) is 12.0. The summed E-state index contributed by atoms with van der Waals surface area (Å²) in [7, 11) is 0. The van der Waals surface area contributed by atoms with E-state index in [0.29, 0.717) is 5.01 Å². The van der Waals surface area contributed by atoms with E-state index in [2.05, 4.69) is 36.8 Å². The van der Waals surface area contributed by atoms with E-state index in [1.54, 1.807) is 0 Å². The number of halogens is 1. The topological polar surface area (TPSA) is 127 Å². The zero-order chi connectivity index (χ0) is 24.8. The fourth-order valence-electron chi connectivity index (χ4n) is 3.27. The Balaban J connectivity index is 1.53. The summed E-state index contributed by atoms with van der Waals surface area (Å²) >= 11 is 4.63. The first-order chi connectivity index (χ1) is 16.9. The minimum Gasteiger partial charge on any atom is -0.340 e. The van der Waals surface area contributed by atoms with Gasteiger partial charge in [-0.2, -0.15) is 0 Å². The third-order valence-electron chi connectivity index (χ3n) is 4.95. The number of nitrogens with zero attached hydrogens (tertiary/aromatic N) is 3. The smallest absolute Gasteiger partial charge is 0.270 e. The fourth-order valence-corrected chi connectivity index (χ4v) is 4.41. The van der Waals surface area contributed by atoms with Gasteiger partial charge in [-0.1, -0.05) is 75.8 Å². The molecule has 0 aliphatic carbocycles. The molecule has 9 nitrogen and oxygen atoms in total. The van der Waals surface area contributed by atoms with Crippen molar-refractivity contribution in [1.82, 2.24) is 15.5 Å². The number of nitro groups is 1. The molecule has 0 aliphatic rings. The highest BCUT2D eigenvalue weighted by Gasteiger charge is 2.24. The first kappa shape index (κ1) is 24.2. The third kappa shape index (κ3) is 6.34. The average Bonchev–Trinajstić information content (AvgIpc) is 3.33. The summed E-state index contributed by atoms with van der Waals surface area (Å²) in [6, 6.07) is 21.1. The van der Waals surface area contributed by atoms with E-state index in [9.17, 15) is 19.7 Å². The lowest BCUT2D eigenvalue weighted by atomic mass is 10.0. The Morgan fingerprint density at radius 2 is 1.77 bits per heavy atom. The van der Waals surface area contributed by atoms with Crippen LogP contribution in [-0.4, -0.2) is 33.0 Å². The number of anilines is 1. The summed E-state index contributed by atoms with van der Waals surface area (Å²) in [6.07, 6.45) is 0.213. The number of benzene rings is 3. The quantitative estimate of drug-likeness (QED) is 0.238. The molecule has 11 heteroatoms. The molecule has 1 atom stereocenters. The minimum atomic E-state index is -0.956. The molecule has 4 aromatic rings. The number of hydrogen-bond acceptors (Lipinski definition) is 7. The average molecular weight is 552 g/mol. The summed E-state index contributed by atoms with van der Waals surface area (Å²) in [5, 5.41) is 25.6. The van der Waals surface area contributed by atoms with Gasteiger partial charge in [-0.25, -0.2) is 0 Å². The molecular formula is C24H18BrN5O4S. The van der Waals surface area contributed by atoms with Crippen molar-refractivity contribution < 1.29 is 14.5 Å². The lowest BCUT2D eigenvalue weighted by molar-refractivity contribution is -0.384. The molecule has 1 heterocycles. The van der Waals surface area contributed by atoms with E-state index in [-0.39, 0.29) is 22.8 Å². The number of non-ortho nitro benzene ring substituents is 1. The van der Waals surface area contributed by atoms with E-state index in [4.69, 9.17) is 0 Å². The van der Waals surface area contributed by atoms with Gasteiger partial charge in [0.15, 0.2) is 0 Å². The van der Waals surface area contributed by atoms with Gasteiger partial charge < -0.3 is 5.32 Å². The van der Waals surface area contributed by atoms with Crippen molar-refractivity contribution in [3.05, 3.63) is 105 Å². The molecule has 2 N–H and O–H groups in total. The molecule has 0 radical (unpaired) electrons. The minimum absolute atomic E-state index is 0.0814. The van der Waals surface area contributed by atoms with Crippen molar-refractivity contribution >= 4 is 49.9 Å². The van der Waals surface area contributed by atoms with Crippen LogP contribution in [0.15, 0.2) is 83.3 Å². The number of carbonyl (C=O) groups is 2. The maximum Gasteiger partial charge on any atom is 0.270 e. The predicted octanol–water partition coefficient (Wildman–Crippen LogP) is 4.86. The maximum absolute atomic E-state index is 13.2. The number of aromatic nitrogens is 2. The lowest BCUT2D eigenvalue weighted by Gasteiger charge is -2.18. The van der Waals surface area contributed by atoms with Gasteiger partial charge in [0.05, 0.1) is 4.92 Å². The van der Waals surface area contributed by atoms with Crippen molar-refractivity contribution in [1.29, 1.82) is 0 Å². The predicted molar refractivity (Wildman–Crippen MR) is 136 cm³/mol. The molecule has 0 bridgehead atoms. The standard InChI is InChI=1S/C24H18BrN5O4S/c25-18-10-4-9-17(13-18)23-28-29-24(35-23)27-22(32)20(12-15-6-2-1-3-7-15)26-21(31)16-8-5-11-19(14-16)30(33)34/h1-11,13-14,20H,12H2,(H,26,31)(H,27,29,32)/t20-/m1/s1. The Kier molecular flexibility index (Phi) is 7.58. The molecule has 3 aromatic carbocycles. The van der Waals surface area contributed by atoms with Gasteiger partial charge in [0.25, 0.3) is 11.6 Å². The van der Waals surface area contributed by atoms with Crippen molar-refractivity contribution in [2.75, 3.05) is 5.32 Å². The second-order valence-corrected chi connectivity index (χ2v) is 9.33. The van der Waals surface area contributed by atoms with Crippen molar-refractivity contribution in [3.63, 3.8) is 0 Å². The lowest BCUT2D eigenvalue weighted by Crippen LogP contribution is -2.45. The second kappa shape index (κ2) is 11.0. The zero-order valence-electron chi connectivity index (χ0n) is 18.1. The van der Waals surface area contributed by atoms with E-state index in [1.165, 1.54) is 35.6 Å². The van der Waals surface area contributed by atoms with Gasteiger partial charge in [-0.3, -0.25) is 25.0 Å². The molecule has 4 rings (SSSR count). The number of hydrogen-bond donors (Lipinski definition) is 2. The maximum atomic E-state index is 13.2. The molecule has 0 saturated carbocycles. The largest absolute Gasteiger partial charge is 0.340 e. The molecule has 0 spiro atoms. The highest BCUT2D eigenvalue weighted by atomic mass is 79.9. The Morgan fingerprint density at radius 3 is 2.51 bits per heavy atom. The summed E-state index contributed by atoms with van der Waals surface area (Å²) in [6.45, 7) is 0. The Bertz CT molecular complexity index is 1380. The Hall–Kier alpha value is -3.96. The van der Waals surface area contributed by atoms with Gasteiger partial charge in [0.1, 0.15) is 11.0 Å². The highest BCUT2D eigenvalue weighted by molar-refractivity contribution is 9.10. The Morgan fingerprint density at radius 1 is 1.00 bits per heavy atom. The summed E-state index contributed by atoms with van der Waals surface area (Å²) in [5.74, 6) is -1.08. The number of nitro benzene ring substituents is 1. The van der Waals surface area contributed by atoms with Crippen LogP contribution in [0.5, 0.6) is 0 Å². The summed E-state index contributed by atoms with van der Waals surface area (Å²) < 4.78 is 0.891. The number of nitrogens with one attached hydrogen (secondary N) is 2. The van der Waals surface area contributed by atoms with Crippen molar-refractivity contribution in [2.45, 2.75) is 12.5 Å². The molecule has 0 aliphatic heterocycles. The molecule has 35 heavy (non-hydrogen) atoms. The van der Waals surface area contributed by atoms with Crippen LogP contribution in [0.25, 0.3) is 10.6 Å². The van der Waals surface area contributed by atoms with Crippen molar-refractivity contribution in [3.8, 4) is 10.6 Å². The molecule has 0 unspecified atom stereocenters. The summed E-state index contributed by atoms with van der Waals surface area (Å²) in [4.78, 5) is 36.5. The van der Waals surface area contributed by atoms with E-state index >= 15 is 0 Å². The molecule has 1 aromatic heterocycles. The molecule has 176 valence electrons. The van der Waals surface area contributed by atoms with Crippen LogP contribution in [0.4, 0.5) is 10.8 Å². The molecule has 2 amide bonds. The van der Waals surface area contributed by atoms with Crippen LogP contribution in [0.2, 0.25) is 0 Å². The molecule has 0 fully saturated rings. The van der Waals surface area contributed by atoms with Gasteiger partial charge in [-0.15, -0.1) is 10.2 Å². The highest BCUT2D eigenvalue weighted by Crippen LogP contribution is 2.28. The van der Waals surface area contributed by atoms with Crippen molar-refractivity contribution in [2.24, 2.45) is 0 Å². The molecule has 0 saturated heterocycles. The van der Waals surface area contributed by atoms with E-state index in [1.807, 2.05) is 54.6 Å². The van der Waals surface area contributed by atoms with Crippen LogP contribution in [0.1, 0.15) is 15.9 Å². The fraction of sp³-hybridized carbons (Fsp3) is 0.0833. The van der Waals surface area contributed by atoms with Crippen LogP contribution in [0.3, 0.4) is 0 Å². The van der Waals surface area contributed by atoms with Gasteiger partial charge in [0, 0.05) is 34.2 Å². The van der Waals surface area contributed by atoms with Crippen LogP contribution in [-0.2, 0) is 11.2 Å². The number of rotatable bonds is 8.